The van der Waals surface area contributed by atoms with Crippen LogP contribution in [-0.2, 0) is 11.3 Å². The third-order valence-electron chi connectivity index (χ3n) is 3.46. The molecule has 20 heavy (non-hydrogen) atoms. The molecule has 2 rings (SSSR count). The van der Waals surface area contributed by atoms with Gasteiger partial charge in [-0.15, -0.1) is 11.3 Å². The second-order valence-corrected chi connectivity index (χ2v) is 6.86. The van der Waals surface area contributed by atoms with Crippen LogP contribution in [-0.4, -0.2) is 23.1 Å². The summed E-state index contributed by atoms with van der Waals surface area (Å²) in [6.45, 7) is 0.507. The first-order chi connectivity index (χ1) is 9.54. The minimum Gasteiger partial charge on any atom is -0.481 e. The van der Waals surface area contributed by atoms with Crippen molar-refractivity contribution >= 4 is 39.3 Å². The van der Waals surface area contributed by atoms with Crippen molar-refractivity contribution in [1.29, 1.82) is 0 Å². The maximum absolute atomic E-state index is 11.8. The largest absolute Gasteiger partial charge is 0.481 e. The molecule has 2 amide bonds. The number of carboxylic acids is 1. The first kappa shape index (κ1) is 15.3. The maximum atomic E-state index is 11.8. The van der Waals surface area contributed by atoms with Gasteiger partial charge in [0.05, 0.1) is 12.5 Å². The Bertz CT molecular complexity index is 484. The Morgan fingerprint density at radius 2 is 2.05 bits per heavy atom. The topological polar surface area (TPSA) is 78.4 Å². The first-order valence-electron chi connectivity index (χ1n) is 6.54. The van der Waals surface area contributed by atoms with Crippen LogP contribution < -0.4 is 10.6 Å². The summed E-state index contributed by atoms with van der Waals surface area (Å²) in [7, 11) is 0. The van der Waals surface area contributed by atoms with Crippen molar-refractivity contribution in [3.05, 3.63) is 20.8 Å². The van der Waals surface area contributed by atoms with Crippen LogP contribution in [0.3, 0.4) is 0 Å². The molecular weight excluding hydrogens is 344 g/mol. The zero-order valence-electron chi connectivity index (χ0n) is 10.9. The third-order valence-corrected chi connectivity index (χ3v) is 5.15. The monoisotopic (exact) mass is 360 g/mol. The predicted octanol–water partition coefficient (Wildman–Crippen LogP) is 2.95. The molecule has 0 radical (unpaired) electrons. The van der Waals surface area contributed by atoms with E-state index < -0.39 is 5.97 Å². The number of amides is 2. The Balaban J connectivity index is 1.69. The molecule has 7 heteroatoms. The molecule has 1 aromatic rings. The lowest BCUT2D eigenvalue weighted by molar-refractivity contribution is -0.142. The van der Waals surface area contributed by atoms with E-state index in [0.29, 0.717) is 19.4 Å². The van der Waals surface area contributed by atoms with Crippen LogP contribution in [0.25, 0.3) is 0 Å². The molecule has 1 fully saturated rings. The molecule has 0 aliphatic heterocycles. The lowest BCUT2D eigenvalue weighted by Crippen LogP contribution is -2.43. The number of rotatable bonds is 4. The van der Waals surface area contributed by atoms with Crippen LogP contribution in [0.5, 0.6) is 0 Å². The van der Waals surface area contributed by atoms with E-state index in [2.05, 4.69) is 26.6 Å². The van der Waals surface area contributed by atoms with E-state index in [4.69, 9.17) is 5.11 Å². The van der Waals surface area contributed by atoms with Gasteiger partial charge in [0.25, 0.3) is 0 Å². The third kappa shape index (κ3) is 4.49. The van der Waals surface area contributed by atoms with Crippen molar-refractivity contribution in [2.45, 2.75) is 38.3 Å². The average molecular weight is 361 g/mol. The van der Waals surface area contributed by atoms with Crippen LogP contribution >= 0.6 is 27.3 Å². The number of thiophene rings is 1. The number of nitrogens with one attached hydrogen (secondary N) is 2. The van der Waals surface area contributed by atoms with E-state index in [-0.39, 0.29) is 18.0 Å². The lowest BCUT2D eigenvalue weighted by atomic mass is 9.86. The molecule has 5 nitrogen and oxygen atoms in total. The van der Waals surface area contributed by atoms with Gasteiger partial charge in [-0.25, -0.2) is 4.79 Å². The average Bonchev–Trinajstić information content (AvgIpc) is 2.83. The minimum absolute atomic E-state index is 0.0840. The van der Waals surface area contributed by atoms with Crippen LogP contribution in [0, 0.1) is 5.92 Å². The second-order valence-electron chi connectivity index (χ2n) is 4.95. The van der Waals surface area contributed by atoms with Crippen molar-refractivity contribution in [3.8, 4) is 0 Å². The van der Waals surface area contributed by atoms with Crippen LogP contribution in [0.1, 0.15) is 30.6 Å². The van der Waals surface area contributed by atoms with Gasteiger partial charge in [-0.3, -0.25) is 4.79 Å². The molecule has 1 aromatic heterocycles. The molecule has 0 atom stereocenters. The number of carbonyl (C=O) groups excluding carboxylic acids is 1. The lowest BCUT2D eigenvalue weighted by Gasteiger charge is -2.26. The van der Waals surface area contributed by atoms with Gasteiger partial charge >= 0.3 is 12.0 Å². The Morgan fingerprint density at radius 3 is 2.60 bits per heavy atom. The molecule has 0 saturated heterocycles. The van der Waals surface area contributed by atoms with Crippen LogP contribution in [0.4, 0.5) is 4.79 Å². The zero-order valence-corrected chi connectivity index (χ0v) is 13.3. The molecule has 0 bridgehead atoms. The Hall–Kier alpha value is -1.08. The summed E-state index contributed by atoms with van der Waals surface area (Å²) in [6, 6.07) is 1.87. The summed E-state index contributed by atoms with van der Waals surface area (Å²) >= 11 is 4.96. The fourth-order valence-corrected chi connectivity index (χ4v) is 3.73. The van der Waals surface area contributed by atoms with E-state index in [1.807, 2.05) is 11.4 Å². The smallest absolute Gasteiger partial charge is 0.315 e. The van der Waals surface area contributed by atoms with Gasteiger partial charge in [0.1, 0.15) is 0 Å². The van der Waals surface area contributed by atoms with E-state index in [9.17, 15) is 9.59 Å². The van der Waals surface area contributed by atoms with Gasteiger partial charge in [-0.1, -0.05) is 0 Å². The normalized spacial score (nSPS) is 22.2. The molecule has 1 aliphatic carbocycles. The SMILES string of the molecule is O=C(NCc1cc(Br)cs1)NC1CCC(C(=O)O)CC1. The summed E-state index contributed by atoms with van der Waals surface area (Å²) in [5.41, 5.74) is 0. The van der Waals surface area contributed by atoms with Crippen molar-refractivity contribution in [3.63, 3.8) is 0 Å². The van der Waals surface area contributed by atoms with Gasteiger partial charge in [0, 0.05) is 20.8 Å². The van der Waals surface area contributed by atoms with E-state index >= 15 is 0 Å². The van der Waals surface area contributed by atoms with E-state index in [1.54, 1.807) is 11.3 Å². The predicted molar refractivity (Wildman–Crippen MR) is 80.8 cm³/mol. The van der Waals surface area contributed by atoms with Crippen LogP contribution in [0.15, 0.2) is 15.9 Å². The molecule has 0 spiro atoms. The fourth-order valence-electron chi connectivity index (χ4n) is 2.34. The van der Waals surface area contributed by atoms with Gasteiger partial charge in [0.15, 0.2) is 0 Å². The highest BCUT2D eigenvalue weighted by atomic mass is 79.9. The van der Waals surface area contributed by atoms with Crippen molar-refractivity contribution in [2.24, 2.45) is 5.92 Å². The molecule has 110 valence electrons. The zero-order chi connectivity index (χ0) is 14.5. The van der Waals surface area contributed by atoms with E-state index in [1.165, 1.54) is 0 Å². The number of carbonyl (C=O) groups is 2. The van der Waals surface area contributed by atoms with Crippen molar-refractivity contribution < 1.29 is 14.7 Å². The molecule has 0 aromatic carbocycles. The summed E-state index contributed by atoms with van der Waals surface area (Å²) in [4.78, 5) is 23.7. The summed E-state index contributed by atoms with van der Waals surface area (Å²) in [5, 5.41) is 16.6. The Labute approximate surface area is 129 Å². The van der Waals surface area contributed by atoms with Crippen LogP contribution in [0.2, 0.25) is 0 Å². The Kier molecular flexibility index (Phi) is 5.42. The minimum atomic E-state index is -0.726. The van der Waals surface area contributed by atoms with Gasteiger partial charge < -0.3 is 15.7 Å². The van der Waals surface area contributed by atoms with Crippen molar-refractivity contribution in [1.82, 2.24) is 10.6 Å². The van der Waals surface area contributed by atoms with Gasteiger partial charge in [-0.05, 0) is 47.7 Å². The summed E-state index contributed by atoms with van der Waals surface area (Å²) < 4.78 is 1.02. The molecule has 1 aliphatic rings. The van der Waals surface area contributed by atoms with Gasteiger partial charge in [-0.2, -0.15) is 0 Å². The summed E-state index contributed by atoms with van der Waals surface area (Å²) in [6.07, 6.45) is 2.74. The second kappa shape index (κ2) is 7.08. The number of hydrogen-bond donors (Lipinski definition) is 3. The van der Waals surface area contributed by atoms with Gasteiger partial charge in [0.2, 0.25) is 0 Å². The maximum Gasteiger partial charge on any atom is 0.315 e. The Morgan fingerprint density at radius 1 is 1.35 bits per heavy atom. The first-order valence-corrected chi connectivity index (χ1v) is 8.22. The summed E-state index contributed by atoms with van der Waals surface area (Å²) in [5.74, 6) is -0.976. The number of carboxylic acid groups (broad SMARTS) is 1. The molecule has 1 saturated carbocycles. The van der Waals surface area contributed by atoms with E-state index in [0.717, 1.165) is 22.2 Å². The highest BCUT2D eigenvalue weighted by Crippen LogP contribution is 2.24. The molecule has 0 unspecified atom stereocenters. The fraction of sp³-hybridized carbons (Fsp3) is 0.538. The molecule has 1 heterocycles. The molecule has 3 N–H and O–H groups in total. The highest BCUT2D eigenvalue weighted by molar-refractivity contribution is 9.10. The van der Waals surface area contributed by atoms with Crippen molar-refractivity contribution in [2.75, 3.05) is 0 Å². The highest BCUT2D eigenvalue weighted by Gasteiger charge is 2.26. The number of aliphatic carboxylic acids is 1. The number of halogens is 1. The quantitative estimate of drug-likeness (QED) is 0.772. The standard InChI is InChI=1S/C13H17BrN2O3S/c14-9-5-11(20-7-9)6-15-13(19)16-10-3-1-8(2-4-10)12(17)18/h5,7-8,10H,1-4,6H2,(H,17,18)(H2,15,16,19). The number of urea groups is 1. The molecular formula is C13H17BrN2O3S. The number of hydrogen-bond acceptors (Lipinski definition) is 3.